The van der Waals surface area contributed by atoms with Gasteiger partial charge in [-0.15, -0.1) is 10.2 Å². The Hall–Kier alpha value is -2.44. The van der Waals surface area contributed by atoms with Gasteiger partial charge in [0.05, 0.1) is 17.6 Å². The van der Waals surface area contributed by atoms with Gasteiger partial charge >= 0.3 is 5.69 Å². The van der Waals surface area contributed by atoms with Crippen LogP contribution in [-0.4, -0.2) is 22.2 Å². The van der Waals surface area contributed by atoms with Crippen LogP contribution in [0.3, 0.4) is 0 Å². The van der Waals surface area contributed by atoms with Crippen LogP contribution >= 0.6 is 0 Å². The number of benzene rings is 1. The van der Waals surface area contributed by atoms with Crippen LogP contribution in [0.4, 0.5) is 5.69 Å². The Labute approximate surface area is 89.8 Å². The van der Waals surface area contributed by atoms with Gasteiger partial charge in [0.2, 0.25) is 12.1 Å². The maximum atomic E-state index is 10.8. The highest BCUT2D eigenvalue weighted by Gasteiger charge is 2.21. The molecule has 2 rings (SSSR count). The van der Waals surface area contributed by atoms with Gasteiger partial charge in [0, 0.05) is 6.07 Å². The van der Waals surface area contributed by atoms with Gasteiger partial charge in [-0.05, 0) is 6.07 Å². The number of para-hydroxylation sites is 1. The van der Waals surface area contributed by atoms with Crippen LogP contribution in [0.1, 0.15) is 0 Å². The van der Waals surface area contributed by atoms with Crippen LogP contribution in [-0.2, 0) is 0 Å². The molecule has 7 heteroatoms. The van der Waals surface area contributed by atoms with E-state index < -0.39 is 4.92 Å². The minimum Gasteiger partial charge on any atom is -0.490 e. The minimum absolute atomic E-state index is 0.108. The second-order valence-corrected chi connectivity index (χ2v) is 2.86. The van der Waals surface area contributed by atoms with Crippen molar-refractivity contribution in [1.82, 2.24) is 10.2 Å². The molecule has 7 nitrogen and oxygen atoms in total. The number of ether oxygens (including phenoxy) is 1. The van der Waals surface area contributed by atoms with Crippen molar-refractivity contribution in [1.29, 1.82) is 0 Å². The van der Waals surface area contributed by atoms with Gasteiger partial charge in [-0.3, -0.25) is 10.1 Å². The van der Waals surface area contributed by atoms with Crippen molar-refractivity contribution in [3.8, 4) is 17.2 Å². The lowest BCUT2D eigenvalue weighted by molar-refractivity contribution is -0.385. The van der Waals surface area contributed by atoms with Crippen LogP contribution in [0, 0.1) is 10.1 Å². The van der Waals surface area contributed by atoms with E-state index in [4.69, 9.17) is 9.15 Å². The Morgan fingerprint density at radius 2 is 2.31 bits per heavy atom. The second-order valence-electron chi connectivity index (χ2n) is 2.86. The maximum Gasteiger partial charge on any atom is 0.311 e. The fourth-order valence-electron chi connectivity index (χ4n) is 1.34. The average Bonchev–Trinajstić information content (AvgIpc) is 2.81. The van der Waals surface area contributed by atoms with E-state index in [1.165, 1.54) is 19.2 Å². The summed E-state index contributed by atoms with van der Waals surface area (Å²) in [6.45, 7) is 0. The average molecular weight is 221 g/mol. The summed E-state index contributed by atoms with van der Waals surface area (Å²) in [5, 5.41) is 17.9. The van der Waals surface area contributed by atoms with Crippen molar-refractivity contribution in [2.45, 2.75) is 0 Å². The standard InChI is InChI=1S/C9H7N3O4/c1-15-8-6(9-11-10-5-16-9)3-2-4-7(8)12(13)14/h2-5H,1H3. The molecular formula is C9H7N3O4. The van der Waals surface area contributed by atoms with Gasteiger partial charge in [-0.25, -0.2) is 0 Å². The predicted molar refractivity (Wildman–Crippen MR) is 52.9 cm³/mol. The van der Waals surface area contributed by atoms with E-state index in [1.54, 1.807) is 6.07 Å². The Balaban J connectivity index is 2.62. The van der Waals surface area contributed by atoms with Gasteiger partial charge in [-0.1, -0.05) is 6.07 Å². The van der Waals surface area contributed by atoms with Crippen LogP contribution in [0.25, 0.3) is 11.5 Å². The van der Waals surface area contributed by atoms with Gasteiger partial charge in [0.1, 0.15) is 0 Å². The Kier molecular flexibility index (Phi) is 2.50. The van der Waals surface area contributed by atoms with Crippen LogP contribution in [0.2, 0.25) is 0 Å². The summed E-state index contributed by atoms with van der Waals surface area (Å²) >= 11 is 0. The molecule has 1 aromatic heterocycles. The lowest BCUT2D eigenvalue weighted by Crippen LogP contribution is -1.95. The highest BCUT2D eigenvalue weighted by molar-refractivity contribution is 5.69. The van der Waals surface area contributed by atoms with Gasteiger partial charge in [-0.2, -0.15) is 0 Å². The molecule has 2 aromatic rings. The molecule has 0 fully saturated rings. The molecule has 0 saturated heterocycles. The first-order valence-electron chi connectivity index (χ1n) is 4.32. The molecule has 0 aliphatic carbocycles. The summed E-state index contributed by atoms with van der Waals surface area (Å²) in [7, 11) is 1.35. The molecule has 0 amide bonds. The summed E-state index contributed by atoms with van der Waals surface area (Å²) in [6, 6.07) is 4.48. The topological polar surface area (TPSA) is 91.3 Å². The van der Waals surface area contributed by atoms with Crippen molar-refractivity contribution in [2.24, 2.45) is 0 Å². The largest absolute Gasteiger partial charge is 0.490 e. The summed E-state index contributed by atoms with van der Waals surface area (Å²) in [5.74, 6) is 0.289. The first kappa shape index (κ1) is 10.1. The molecule has 0 bridgehead atoms. The molecule has 82 valence electrons. The Morgan fingerprint density at radius 3 is 2.88 bits per heavy atom. The van der Waals surface area contributed by atoms with E-state index in [0.29, 0.717) is 5.56 Å². The van der Waals surface area contributed by atoms with Crippen molar-refractivity contribution in [3.05, 3.63) is 34.7 Å². The first-order valence-corrected chi connectivity index (χ1v) is 4.32. The van der Waals surface area contributed by atoms with Gasteiger partial charge in [0.25, 0.3) is 5.89 Å². The lowest BCUT2D eigenvalue weighted by Gasteiger charge is -2.04. The van der Waals surface area contributed by atoms with Gasteiger partial charge in [0.15, 0.2) is 0 Å². The monoisotopic (exact) mass is 221 g/mol. The number of nitro benzene ring substituents is 1. The first-order chi connectivity index (χ1) is 7.74. The van der Waals surface area contributed by atoms with Crippen molar-refractivity contribution in [2.75, 3.05) is 7.11 Å². The van der Waals surface area contributed by atoms with E-state index >= 15 is 0 Å². The Morgan fingerprint density at radius 1 is 1.50 bits per heavy atom. The number of aromatic nitrogens is 2. The zero-order valence-electron chi connectivity index (χ0n) is 8.28. The number of nitro groups is 1. The van der Waals surface area contributed by atoms with Crippen LogP contribution < -0.4 is 4.74 Å². The van der Waals surface area contributed by atoms with E-state index in [-0.39, 0.29) is 17.3 Å². The SMILES string of the molecule is COc1c(-c2nnco2)cccc1[N+](=O)[O-]. The third-order valence-corrected chi connectivity index (χ3v) is 1.99. The molecule has 0 unspecified atom stereocenters. The molecule has 0 atom stereocenters. The molecule has 0 N–H and O–H groups in total. The molecule has 0 aliphatic heterocycles. The molecule has 16 heavy (non-hydrogen) atoms. The number of methoxy groups -OCH3 is 1. The third-order valence-electron chi connectivity index (χ3n) is 1.99. The number of rotatable bonds is 3. The van der Waals surface area contributed by atoms with Crippen LogP contribution in [0.5, 0.6) is 5.75 Å². The number of hydrogen-bond acceptors (Lipinski definition) is 6. The Bertz CT molecular complexity index is 509. The fraction of sp³-hybridized carbons (Fsp3) is 0.111. The van der Waals surface area contributed by atoms with E-state index in [0.717, 1.165) is 6.39 Å². The quantitative estimate of drug-likeness (QED) is 0.578. The lowest BCUT2D eigenvalue weighted by atomic mass is 10.1. The fourth-order valence-corrected chi connectivity index (χ4v) is 1.34. The summed E-state index contributed by atoms with van der Waals surface area (Å²) in [6.07, 6.45) is 1.15. The second kappa shape index (κ2) is 3.97. The summed E-state index contributed by atoms with van der Waals surface area (Å²) in [5.41, 5.74) is 0.257. The van der Waals surface area contributed by atoms with E-state index in [1.807, 2.05) is 0 Å². The van der Waals surface area contributed by atoms with Crippen molar-refractivity contribution >= 4 is 5.69 Å². The van der Waals surface area contributed by atoms with Crippen molar-refractivity contribution < 1.29 is 14.1 Å². The minimum atomic E-state index is -0.529. The van der Waals surface area contributed by atoms with Crippen LogP contribution in [0.15, 0.2) is 29.0 Å². The zero-order chi connectivity index (χ0) is 11.5. The summed E-state index contributed by atoms with van der Waals surface area (Å²) < 4.78 is 9.96. The molecule has 0 saturated carbocycles. The summed E-state index contributed by atoms with van der Waals surface area (Å²) in [4.78, 5) is 10.2. The van der Waals surface area contributed by atoms with Crippen molar-refractivity contribution in [3.63, 3.8) is 0 Å². The van der Waals surface area contributed by atoms with Gasteiger partial charge < -0.3 is 9.15 Å². The highest BCUT2D eigenvalue weighted by atomic mass is 16.6. The molecular weight excluding hydrogens is 214 g/mol. The molecule has 0 radical (unpaired) electrons. The third kappa shape index (κ3) is 1.58. The molecule has 0 spiro atoms. The van der Waals surface area contributed by atoms with E-state index in [9.17, 15) is 10.1 Å². The molecule has 1 heterocycles. The number of hydrogen-bond donors (Lipinski definition) is 0. The normalized spacial score (nSPS) is 10.1. The zero-order valence-corrected chi connectivity index (χ0v) is 8.28. The van der Waals surface area contributed by atoms with E-state index in [2.05, 4.69) is 10.2 Å². The smallest absolute Gasteiger partial charge is 0.311 e. The molecule has 1 aromatic carbocycles. The maximum absolute atomic E-state index is 10.8. The highest BCUT2D eigenvalue weighted by Crippen LogP contribution is 2.36. The molecule has 0 aliphatic rings. The number of nitrogens with zero attached hydrogens (tertiary/aromatic N) is 3. The predicted octanol–water partition coefficient (Wildman–Crippen LogP) is 1.65.